The van der Waals surface area contributed by atoms with Crippen LogP contribution in [0.5, 0.6) is 0 Å². The van der Waals surface area contributed by atoms with E-state index < -0.39 is 0 Å². The van der Waals surface area contributed by atoms with Crippen LogP contribution in [-0.4, -0.2) is 19.5 Å². The van der Waals surface area contributed by atoms with Crippen molar-refractivity contribution in [3.63, 3.8) is 0 Å². The molecule has 0 spiro atoms. The van der Waals surface area contributed by atoms with Gasteiger partial charge in [0.15, 0.2) is 23.1 Å². The number of furan rings is 1. The average molecular weight is 715 g/mol. The molecule has 0 N–H and O–H groups in total. The van der Waals surface area contributed by atoms with E-state index in [1.807, 2.05) is 42.5 Å². The molecule has 0 aliphatic carbocycles. The lowest BCUT2D eigenvalue weighted by Crippen LogP contribution is -2.01. The summed E-state index contributed by atoms with van der Waals surface area (Å²) in [5.41, 5.74) is 7.51. The van der Waals surface area contributed by atoms with Gasteiger partial charge in [-0.1, -0.05) is 140 Å². The fourth-order valence-electron chi connectivity index (χ4n) is 8.59. The van der Waals surface area contributed by atoms with Gasteiger partial charge in [-0.25, -0.2) is 15.0 Å². The Balaban J connectivity index is 1.13. The van der Waals surface area contributed by atoms with E-state index in [0.29, 0.717) is 17.5 Å². The van der Waals surface area contributed by atoms with E-state index in [2.05, 4.69) is 144 Å². The van der Waals surface area contributed by atoms with Gasteiger partial charge in [0.25, 0.3) is 0 Å². The Morgan fingerprint density at radius 1 is 0.375 bits per heavy atom. The predicted molar refractivity (Wildman–Crippen MR) is 230 cm³/mol. The van der Waals surface area contributed by atoms with Crippen molar-refractivity contribution in [2.24, 2.45) is 0 Å². The van der Waals surface area contributed by atoms with E-state index in [9.17, 15) is 0 Å². The lowest BCUT2D eigenvalue weighted by molar-refractivity contribution is 0.666. The lowest BCUT2D eigenvalue weighted by atomic mass is 10.00. The molecule has 0 radical (unpaired) electrons. The first-order valence-corrected chi connectivity index (χ1v) is 18.9. The molecule has 0 aliphatic heterocycles. The molecule has 0 saturated heterocycles. The van der Waals surface area contributed by atoms with Gasteiger partial charge in [0.1, 0.15) is 5.58 Å². The Hall–Kier alpha value is -7.63. The van der Waals surface area contributed by atoms with Gasteiger partial charge in [-0.05, 0) is 74.8 Å². The van der Waals surface area contributed by atoms with Crippen LogP contribution in [0.2, 0.25) is 0 Å². The van der Waals surface area contributed by atoms with Crippen molar-refractivity contribution in [3.8, 4) is 39.9 Å². The lowest BCUT2D eigenvalue weighted by Gasteiger charge is -2.13. The molecule has 0 saturated carbocycles. The maximum absolute atomic E-state index is 6.88. The fourth-order valence-corrected chi connectivity index (χ4v) is 8.59. The zero-order valence-electron chi connectivity index (χ0n) is 30.0. The van der Waals surface area contributed by atoms with Crippen molar-refractivity contribution >= 4 is 76.1 Å². The van der Waals surface area contributed by atoms with Crippen LogP contribution in [0.3, 0.4) is 0 Å². The van der Waals surface area contributed by atoms with E-state index in [0.717, 1.165) is 60.7 Å². The smallest absolute Gasteiger partial charge is 0.164 e. The topological polar surface area (TPSA) is 56.7 Å². The summed E-state index contributed by atoms with van der Waals surface area (Å²) in [7, 11) is 0. The summed E-state index contributed by atoms with van der Waals surface area (Å²) < 4.78 is 9.22. The Morgan fingerprint density at radius 3 is 1.88 bits per heavy atom. The number of benzene rings is 9. The first-order valence-electron chi connectivity index (χ1n) is 18.9. The van der Waals surface area contributed by atoms with Crippen LogP contribution in [0.1, 0.15) is 0 Å². The van der Waals surface area contributed by atoms with E-state index in [4.69, 9.17) is 19.4 Å². The standard InChI is InChI=1S/C51H30N4O/c1-2-13-32(14-3-1)49-52-50(36-24-25-38-35(28-36)23-22-31-12-6-7-17-37(31)38)54-51(53-49)41-26-27-44(48-47(41)40-19-9-11-21-46(40)56-48)55-43-20-10-8-18-39(43)42-29-33-15-4-5-16-34(33)30-45(42)55/h1-30H. The number of nitrogens with zero attached hydrogens (tertiary/aromatic N) is 4. The summed E-state index contributed by atoms with van der Waals surface area (Å²) in [4.78, 5) is 15.6. The van der Waals surface area contributed by atoms with Gasteiger partial charge >= 0.3 is 0 Å². The van der Waals surface area contributed by atoms with Crippen LogP contribution in [0.15, 0.2) is 186 Å². The third kappa shape index (κ3) is 4.64. The second kappa shape index (κ2) is 11.9. The highest BCUT2D eigenvalue weighted by atomic mass is 16.3. The molecule has 0 bridgehead atoms. The van der Waals surface area contributed by atoms with Crippen molar-refractivity contribution in [2.75, 3.05) is 0 Å². The third-order valence-electron chi connectivity index (χ3n) is 11.2. The Bertz CT molecular complexity index is 3540. The van der Waals surface area contributed by atoms with E-state index >= 15 is 0 Å². The zero-order valence-corrected chi connectivity index (χ0v) is 30.0. The van der Waals surface area contributed by atoms with Gasteiger partial charge in [0, 0.05) is 38.2 Å². The van der Waals surface area contributed by atoms with Gasteiger partial charge in [0.2, 0.25) is 0 Å². The van der Waals surface area contributed by atoms with Gasteiger partial charge in [-0.15, -0.1) is 0 Å². The number of fused-ring (bicyclic) bond motifs is 10. The Labute approximate surface area is 320 Å². The number of aromatic nitrogens is 4. The quantitative estimate of drug-likeness (QED) is 0.170. The number of rotatable bonds is 4. The number of hydrogen-bond acceptors (Lipinski definition) is 4. The Morgan fingerprint density at radius 2 is 1.02 bits per heavy atom. The number of para-hydroxylation sites is 2. The van der Waals surface area contributed by atoms with E-state index in [1.54, 1.807) is 0 Å². The van der Waals surface area contributed by atoms with Gasteiger partial charge in [0.05, 0.1) is 16.7 Å². The molecule has 0 unspecified atom stereocenters. The highest BCUT2D eigenvalue weighted by molar-refractivity contribution is 6.18. The summed E-state index contributed by atoms with van der Waals surface area (Å²) in [6.45, 7) is 0. The van der Waals surface area contributed by atoms with Crippen molar-refractivity contribution in [3.05, 3.63) is 182 Å². The molecule has 56 heavy (non-hydrogen) atoms. The van der Waals surface area contributed by atoms with Crippen molar-refractivity contribution in [1.29, 1.82) is 0 Å². The maximum atomic E-state index is 6.88. The molecule has 9 aromatic carbocycles. The molecule has 12 rings (SSSR count). The summed E-state index contributed by atoms with van der Waals surface area (Å²) >= 11 is 0. The molecule has 3 heterocycles. The van der Waals surface area contributed by atoms with E-state index in [-0.39, 0.29) is 0 Å². The normalized spacial score (nSPS) is 11.9. The number of hydrogen-bond donors (Lipinski definition) is 0. The summed E-state index contributed by atoms with van der Waals surface area (Å²) in [6.07, 6.45) is 0. The Kier molecular flexibility index (Phi) is 6.56. The SMILES string of the molecule is c1ccc(-c2nc(-c3ccc4c(ccc5ccccc54)c3)nc(-c3ccc(-n4c5ccccc5c5cc6ccccc6cc54)c4oc5ccccc5c34)n2)cc1. The van der Waals surface area contributed by atoms with E-state index in [1.165, 1.54) is 37.7 Å². The zero-order chi connectivity index (χ0) is 36.7. The van der Waals surface area contributed by atoms with Crippen molar-refractivity contribution < 1.29 is 4.42 Å². The summed E-state index contributed by atoms with van der Waals surface area (Å²) in [5.74, 6) is 1.82. The molecule has 0 atom stereocenters. The molecule has 0 amide bonds. The molecule has 5 heteroatoms. The molecule has 3 aromatic heterocycles. The molecular formula is C51H30N4O. The van der Waals surface area contributed by atoms with Crippen molar-refractivity contribution in [1.82, 2.24) is 19.5 Å². The summed E-state index contributed by atoms with van der Waals surface area (Å²) in [6, 6.07) is 63.8. The van der Waals surface area contributed by atoms with Gasteiger partial charge in [-0.3, -0.25) is 0 Å². The van der Waals surface area contributed by atoms with Crippen LogP contribution in [0.25, 0.3) is 116 Å². The van der Waals surface area contributed by atoms with Crippen LogP contribution < -0.4 is 0 Å². The summed E-state index contributed by atoms with van der Waals surface area (Å²) in [5, 5.41) is 11.5. The highest BCUT2D eigenvalue weighted by Gasteiger charge is 2.23. The van der Waals surface area contributed by atoms with Crippen LogP contribution in [0.4, 0.5) is 0 Å². The molecule has 5 nitrogen and oxygen atoms in total. The fraction of sp³-hybridized carbons (Fsp3) is 0. The molecule has 260 valence electrons. The van der Waals surface area contributed by atoms with Crippen LogP contribution >= 0.6 is 0 Å². The minimum absolute atomic E-state index is 0.587. The first kappa shape index (κ1) is 30.8. The second-order valence-electron chi connectivity index (χ2n) is 14.4. The predicted octanol–water partition coefficient (Wildman–Crippen LogP) is 13.3. The van der Waals surface area contributed by atoms with Gasteiger partial charge in [-0.2, -0.15) is 0 Å². The maximum Gasteiger partial charge on any atom is 0.164 e. The van der Waals surface area contributed by atoms with Gasteiger partial charge < -0.3 is 8.98 Å². The molecule has 0 aliphatic rings. The van der Waals surface area contributed by atoms with Crippen LogP contribution in [-0.2, 0) is 0 Å². The molecule has 0 fully saturated rings. The van der Waals surface area contributed by atoms with Crippen molar-refractivity contribution in [2.45, 2.75) is 0 Å². The minimum Gasteiger partial charge on any atom is -0.454 e. The highest BCUT2D eigenvalue weighted by Crippen LogP contribution is 2.43. The van der Waals surface area contributed by atoms with Crippen LogP contribution in [0, 0.1) is 0 Å². The minimum atomic E-state index is 0.587. The first-order chi connectivity index (χ1) is 27.7. The largest absolute Gasteiger partial charge is 0.454 e. The molecular weight excluding hydrogens is 685 g/mol. The average Bonchev–Trinajstić information content (AvgIpc) is 3.81. The molecule has 12 aromatic rings. The third-order valence-corrected chi connectivity index (χ3v) is 11.2. The monoisotopic (exact) mass is 714 g/mol. The second-order valence-corrected chi connectivity index (χ2v) is 14.4.